The molecule has 0 unspecified atom stereocenters. The molecule has 3 aromatic rings. The number of nitrogens with one attached hydrogen (secondary N) is 1. The first-order valence-electron chi connectivity index (χ1n) is 15.2. The topological polar surface area (TPSA) is 114 Å². The van der Waals surface area contributed by atoms with Crippen molar-refractivity contribution in [3.63, 3.8) is 0 Å². The average Bonchev–Trinajstić information content (AvgIpc) is 3.01. The Morgan fingerprint density at radius 1 is 1.02 bits per heavy atom. The third kappa shape index (κ3) is 8.97. The van der Waals surface area contributed by atoms with Gasteiger partial charge in [-0.1, -0.05) is 23.2 Å². The second-order valence-electron chi connectivity index (χ2n) is 11.4. The first kappa shape index (κ1) is 32.7. The number of carbonyl (C=O) groups is 2. The van der Waals surface area contributed by atoms with E-state index in [1.165, 1.54) is 5.01 Å². The smallest absolute Gasteiger partial charge is 0.421 e. The molecule has 11 nitrogen and oxygen atoms in total. The second kappa shape index (κ2) is 15.1. The maximum absolute atomic E-state index is 11.5. The van der Waals surface area contributed by atoms with E-state index in [1.807, 2.05) is 48.3 Å². The van der Waals surface area contributed by atoms with Gasteiger partial charge in [0.15, 0.2) is 0 Å². The van der Waals surface area contributed by atoms with Crippen molar-refractivity contribution in [3.05, 3.63) is 64.3 Å². The number of pyridine rings is 2. The van der Waals surface area contributed by atoms with Crippen molar-refractivity contribution < 1.29 is 19.4 Å². The molecule has 2 aromatic heterocycles. The highest BCUT2D eigenvalue weighted by molar-refractivity contribution is 6.35. The summed E-state index contributed by atoms with van der Waals surface area (Å²) >= 11 is 12.7. The summed E-state index contributed by atoms with van der Waals surface area (Å²) in [4.78, 5) is 36.8. The quantitative estimate of drug-likeness (QED) is 0.287. The summed E-state index contributed by atoms with van der Waals surface area (Å²) in [5, 5.41) is 16.6. The average molecular weight is 657 g/mol. The Balaban J connectivity index is 1.28. The van der Waals surface area contributed by atoms with Gasteiger partial charge in [0, 0.05) is 74.4 Å². The molecule has 0 spiro atoms. The molecule has 4 heterocycles. The largest absolute Gasteiger partial charge is 0.464 e. The van der Waals surface area contributed by atoms with Crippen LogP contribution in [0, 0.1) is 5.92 Å². The molecule has 2 aliphatic rings. The van der Waals surface area contributed by atoms with Gasteiger partial charge in [0.25, 0.3) is 0 Å². The van der Waals surface area contributed by atoms with E-state index < -0.39 is 6.09 Å². The molecule has 0 bridgehead atoms. The van der Waals surface area contributed by atoms with Crippen molar-refractivity contribution in [2.45, 2.75) is 33.2 Å². The minimum absolute atomic E-state index is 0.0134. The predicted octanol–water partition coefficient (Wildman–Crippen LogP) is 5.63. The maximum atomic E-state index is 11.5. The zero-order valence-corrected chi connectivity index (χ0v) is 27.1. The fraction of sp³-hybridized carbons (Fsp3) is 0.438. The van der Waals surface area contributed by atoms with E-state index in [4.69, 9.17) is 32.9 Å². The number of piperazine rings is 1. The summed E-state index contributed by atoms with van der Waals surface area (Å²) < 4.78 is 6.24. The Morgan fingerprint density at radius 2 is 1.73 bits per heavy atom. The third-order valence-electron chi connectivity index (χ3n) is 8.16. The van der Waals surface area contributed by atoms with Gasteiger partial charge in [-0.2, -0.15) is 0 Å². The van der Waals surface area contributed by atoms with Crippen LogP contribution in [-0.4, -0.2) is 94.4 Å². The van der Waals surface area contributed by atoms with Crippen molar-refractivity contribution in [2.75, 3.05) is 57.3 Å². The number of hydrogen-bond acceptors (Lipinski definition) is 8. The summed E-state index contributed by atoms with van der Waals surface area (Å²) in [6.45, 7) is 9.65. The lowest BCUT2D eigenvalue weighted by Crippen LogP contribution is -2.55. The minimum atomic E-state index is -0.937. The first-order valence-corrected chi connectivity index (χ1v) is 16.0. The van der Waals surface area contributed by atoms with E-state index in [0.717, 1.165) is 56.0 Å². The molecule has 0 saturated carbocycles. The lowest BCUT2D eigenvalue weighted by molar-refractivity contribution is -0.119. The maximum Gasteiger partial charge on any atom is 0.421 e. The molecule has 5 rings (SSSR count). The number of anilines is 1. The number of amides is 2. The highest BCUT2D eigenvalue weighted by Gasteiger charge is 2.25. The minimum Gasteiger partial charge on any atom is -0.464 e. The number of likely N-dealkylation sites (tertiary alicyclic amines) is 1. The Bertz CT molecular complexity index is 1460. The molecule has 2 fully saturated rings. The standard InChI is InChI=1S/C32H39Cl2N7O4/c1-3-41(32(43)44)40-12-10-39(11-13-40)30-5-4-28(20-36-30)45-31-15-24(14-29(37-31)25-16-26(33)18-27(34)17-25)21-38-8-6-23(7-9-38)19-35-22(2)42/h4-5,14-18,20,23H,3,6-13,19,21H2,1-2H3,(H,35,42)(H,43,44). The number of halogens is 2. The van der Waals surface area contributed by atoms with Crippen LogP contribution in [-0.2, 0) is 11.3 Å². The van der Waals surface area contributed by atoms with Crippen molar-refractivity contribution in [1.29, 1.82) is 0 Å². The van der Waals surface area contributed by atoms with Crippen LogP contribution in [0.3, 0.4) is 0 Å². The van der Waals surface area contributed by atoms with E-state index in [9.17, 15) is 14.7 Å². The van der Waals surface area contributed by atoms with Gasteiger partial charge in [-0.05, 0) is 80.7 Å². The van der Waals surface area contributed by atoms with Gasteiger partial charge in [0.2, 0.25) is 11.8 Å². The van der Waals surface area contributed by atoms with E-state index in [-0.39, 0.29) is 5.91 Å². The van der Waals surface area contributed by atoms with E-state index in [1.54, 1.807) is 19.2 Å². The first-order chi connectivity index (χ1) is 21.7. The van der Waals surface area contributed by atoms with Crippen LogP contribution < -0.4 is 15.0 Å². The van der Waals surface area contributed by atoms with Crippen LogP contribution in [0.5, 0.6) is 11.6 Å². The summed E-state index contributed by atoms with van der Waals surface area (Å²) in [5.74, 6) is 2.30. The molecule has 2 N–H and O–H groups in total. The highest BCUT2D eigenvalue weighted by Crippen LogP contribution is 2.31. The summed E-state index contributed by atoms with van der Waals surface area (Å²) in [6, 6.07) is 13.1. The van der Waals surface area contributed by atoms with E-state index in [0.29, 0.717) is 66.0 Å². The highest BCUT2D eigenvalue weighted by atomic mass is 35.5. The fourth-order valence-corrected chi connectivity index (χ4v) is 6.34. The van der Waals surface area contributed by atoms with Crippen molar-refractivity contribution in [1.82, 2.24) is 30.2 Å². The number of carbonyl (C=O) groups excluding carboxylic acids is 1. The molecule has 1 aromatic carbocycles. The normalized spacial score (nSPS) is 16.4. The van der Waals surface area contributed by atoms with Crippen LogP contribution in [0.4, 0.5) is 10.6 Å². The van der Waals surface area contributed by atoms with Gasteiger partial charge < -0.3 is 20.1 Å². The second-order valence-corrected chi connectivity index (χ2v) is 12.3. The number of benzene rings is 1. The van der Waals surface area contributed by atoms with Gasteiger partial charge >= 0.3 is 6.09 Å². The Hall–Kier alpha value is -3.64. The van der Waals surface area contributed by atoms with Gasteiger partial charge in [-0.15, -0.1) is 0 Å². The van der Waals surface area contributed by atoms with Gasteiger partial charge in [-0.25, -0.2) is 24.8 Å². The van der Waals surface area contributed by atoms with Gasteiger partial charge in [0.05, 0.1) is 11.9 Å². The molecule has 240 valence electrons. The number of carboxylic acid groups (broad SMARTS) is 1. The van der Waals surface area contributed by atoms with Crippen LogP contribution in [0.2, 0.25) is 10.0 Å². The Morgan fingerprint density at radius 3 is 2.33 bits per heavy atom. The molecule has 0 aliphatic carbocycles. The molecule has 2 amide bonds. The molecule has 13 heteroatoms. The zero-order valence-electron chi connectivity index (χ0n) is 25.6. The molecule has 0 radical (unpaired) electrons. The van der Waals surface area contributed by atoms with E-state index in [2.05, 4.69) is 20.1 Å². The number of aromatic nitrogens is 2. The SMILES string of the molecule is CCN(C(=O)O)N1CCN(c2ccc(Oc3cc(CN4CCC(CNC(C)=O)CC4)cc(-c4cc(Cl)cc(Cl)c4)n3)cn2)CC1. The Labute approximate surface area is 273 Å². The molecular weight excluding hydrogens is 617 g/mol. The van der Waals surface area contributed by atoms with E-state index >= 15 is 0 Å². The number of ether oxygens (including phenoxy) is 1. The number of piperidine rings is 1. The number of nitrogens with zero attached hydrogens (tertiary/aromatic N) is 6. The summed E-state index contributed by atoms with van der Waals surface area (Å²) in [7, 11) is 0. The van der Waals surface area contributed by atoms with Crippen LogP contribution >= 0.6 is 23.2 Å². The van der Waals surface area contributed by atoms with Crippen LogP contribution in [0.15, 0.2) is 48.7 Å². The van der Waals surface area contributed by atoms with Crippen molar-refractivity contribution in [3.8, 4) is 22.9 Å². The summed E-state index contributed by atoms with van der Waals surface area (Å²) in [6.07, 6.45) is 2.79. The van der Waals surface area contributed by atoms with Crippen molar-refractivity contribution >= 4 is 41.0 Å². The lowest BCUT2D eigenvalue weighted by atomic mass is 9.96. The monoisotopic (exact) mass is 655 g/mol. The molecule has 45 heavy (non-hydrogen) atoms. The zero-order chi connectivity index (χ0) is 31.9. The van der Waals surface area contributed by atoms with Gasteiger partial charge in [0.1, 0.15) is 11.6 Å². The molecule has 2 saturated heterocycles. The van der Waals surface area contributed by atoms with Crippen molar-refractivity contribution in [2.24, 2.45) is 5.92 Å². The third-order valence-corrected chi connectivity index (χ3v) is 8.59. The summed E-state index contributed by atoms with van der Waals surface area (Å²) in [5.41, 5.74) is 2.55. The lowest BCUT2D eigenvalue weighted by Gasteiger charge is -2.39. The molecular formula is C32H39Cl2N7O4. The number of rotatable bonds is 10. The van der Waals surface area contributed by atoms with Gasteiger partial charge in [-0.3, -0.25) is 9.69 Å². The predicted molar refractivity (Wildman–Crippen MR) is 175 cm³/mol. The number of hydrazine groups is 1. The van der Waals surface area contributed by atoms with Crippen LogP contribution in [0.1, 0.15) is 32.3 Å². The molecule has 2 aliphatic heterocycles. The Kier molecular flexibility index (Phi) is 11.0. The van der Waals surface area contributed by atoms with Crippen LogP contribution in [0.25, 0.3) is 11.3 Å². The fourth-order valence-electron chi connectivity index (χ4n) is 5.81. The molecule has 0 atom stereocenters. The number of hydrogen-bond donors (Lipinski definition) is 2.